The van der Waals surface area contributed by atoms with E-state index in [4.69, 9.17) is 9.52 Å². The van der Waals surface area contributed by atoms with E-state index in [0.29, 0.717) is 18.9 Å². The number of aromatic amines is 1. The first-order chi connectivity index (χ1) is 12.1. The number of nitrogens with one attached hydrogen (secondary N) is 1. The monoisotopic (exact) mass is 393 g/mol. The summed E-state index contributed by atoms with van der Waals surface area (Å²) in [6, 6.07) is 3.01. The van der Waals surface area contributed by atoms with E-state index in [1.807, 2.05) is 5.10 Å². The van der Waals surface area contributed by atoms with E-state index in [2.05, 4.69) is 5.10 Å². The van der Waals surface area contributed by atoms with Gasteiger partial charge >= 0.3 is 12.1 Å². The molecule has 0 saturated carbocycles. The highest BCUT2D eigenvalue weighted by molar-refractivity contribution is 7.89. The van der Waals surface area contributed by atoms with E-state index in [1.165, 1.54) is 6.07 Å². The van der Waals surface area contributed by atoms with Crippen molar-refractivity contribution in [3.8, 4) is 11.5 Å². The Kier molecular flexibility index (Phi) is 4.56. The number of carboxylic acids is 1. The molecule has 1 unspecified atom stereocenters. The summed E-state index contributed by atoms with van der Waals surface area (Å²) in [6.07, 6.45) is -3.86. The van der Waals surface area contributed by atoms with Crippen molar-refractivity contribution in [2.75, 3.05) is 13.1 Å². The fourth-order valence-corrected chi connectivity index (χ4v) is 4.11. The van der Waals surface area contributed by atoms with Crippen LogP contribution in [0.15, 0.2) is 27.7 Å². The Balaban J connectivity index is 1.84. The average molecular weight is 393 g/mol. The van der Waals surface area contributed by atoms with Gasteiger partial charge in [0, 0.05) is 13.1 Å². The molecule has 26 heavy (non-hydrogen) atoms. The molecule has 1 aliphatic rings. The highest BCUT2D eigenvalue weighted by atomic mass is 32.2. The number of carbonyl (C=O) groups is 1. The van der Waals surface area contributed by atoms with Gasteiger partial charge < -0.3 is 9.52 Å². The van der Waals surface area contributed by atoms with Crippen LogP contribution in [0, 0.1) is 5.92 Å². The summed E-state index contributed by atoms with van der Waals surface area (Å²) in [4.78, 5) is 11.1. The lowest BCUT2D eigenvalue weighted by molar-refractivity contribution is -0.143. The number of hydrogen-bond acceptors (Lipinski definition) is 5. The third-order valence-electron chi connectivity index (χ3n) is 4.04. The minimum Gasteiger partial charge on any atom is -0.481 e. The molecule has 0 amide bonds. The van der Waals surface area contributed by atoms with Crippen LogP contribution in [-0.4, -0.2) is 47.1 Å². The van der Waals surface area contributed by atoms with Gasteiger partial charge in [0.05, 0.1) is 5.92 Å². The number of halogens is 3. The third kappa shape index (κ3) is 3.46. The van der Waals surface area contributed by atoms with Gasteiger partial charge in [-0.05, 0) is 31.0 Å². The van der Waals surface area contributed by atoms with E-state index in [0.717, 1.165) is 10.4 Å². The second-order valence-corrected chi connectivity index (χ2v) is 7.69. The van der Waals surface area contributed by atoms with Crippen LogP contribution < -0.4 is 0 Å². The first kappa shape index (κ1) is 18.5. The fraction of sp³-hybridized carbons (Fsp3) is 0.429. The Labute approximate surface area is 145 Å². The topological polar surface area (TPSA) is 116 Å². The lowest BCUT2D eigenvalue weighted by Crippen LogP contribution is -2.42. The van der Waals surface area contributed by atoms with Gasteiger partial charge in [-0.3, -0.25) is 9.89 Å². The normalized spacial score (nSPS) is 19.6. The smallest absolute Gasteiger partial charge is 0.432 e. The van der Waals surface area contributed by atoms with Crippen LogP contribution in [0.2, 0.25) is 0 Å². The summed E-state index contributed by atoms with van der Waals surface area (Å²) in [5.74, 6) is -2.04. The standard InChI is InChI=1S/C14H14F3N3O5S/c15-14(16,17)11-6-9(18-19-11)10-3-4-12(25-10)26(23,24)20-5-1-2-8(7-20)13(21)22/h3-4,6,8H,1-2,5,7H2,(H,18,19)(H,21,22). The molecule has 1 aliphatic heterocycles. The molecule has 3 heterocycles. The van der Waals surface area contributed by atoms with Crippen LogP contribution in [0.1, 0.15) is 18.5 Å². The lowest BCUT2D eigenvalue weighted by Gasteiger charge is -2.28. The SMILES string of the molecule is O=C(O)C1CCCN(S(=O)(=O)c2ccc(-c3cc(C(F)(F)F)[nH]n3)o2)C1. The van der Waals surface area contributed by atoms with Gasteiger partial charge in [-0.25, -0.2) is 8.42 Å². The van der Waals surface area contributed by atoms with Gasteiger partial charge in [-0.2, -0.15) is 22.6 Å². The Morgan fingerprint density at radius 2 is 2.12 bits per heavy atom. The lowest BCUT2D eigenvalue weighted by atomic mass is 10.0. The Morgan fingerprint density at radius 3 is 2.73 bits per heavy atom. The molecule has 142 valence electrons. The summed E-state index contributed by atoms with van der Waals surface area (Å²) in [5.41, 5.74) is -1.28. The number of hydrogen-bond donors (Lipinski definition) is 2. The maximum absolute atomic E-state index is 12.6. The van der Waals surface area contributed by atoms with Gasteiger partial charge in [0.15, 0.2) is 5.76 Å². The summed E-state index contributed by atoms with van der Waals surface area (Å²) < 4.78 is 69.2. The molecule has 2 aromatic heterocycles. The molecule has 2 N–H and O–H groups in total. The summed E-state index contributed by atoms with van der Waals surface area (Å²) in [5, 5.41) is 13.9. The zero-order chi connectivity index (χ0) is 19.1. The summed E-state index contributed by atoms with van der Waals surface area (Å²) in [7, 11) is -4.09. The molecule has 0 spiro atoms. The molecule has 0 aliphatic carbocycles. The summed E-state index contributed by atoms with van der Waals surface area (Å²) >= 11 is 0. The number of rotatable bonds is 4. The van der Waals surface area contributed by atoms with E-state index < -0.39 is 38.9 Å². The van der Waals surface area contributed by atoms with Crippen molar-refractivity contribution in [3.63, 3.8) is 0 Å². The molecule has 0 bridgehead atoms. The number of H-pyrrole nitrogens is 1. The van der Waals surface area contributed by atoms with Crippen molar-refractivity contribution < 1.29 is 35.9 Å². The van der Waals surface area contributed by atoms with Gasteiger partial charge in [0.2, 0.25) is 5.09 Å². The number of furan rings is 1. The predicted molar refractivity (Wildman–Crippen MR) is 80.4 cm³/mol. The van der Waals surface area contributed by atoms with Crippen LogP contribution in [0.4, 0.5) is 13.2 Å². The van der Waals surface area contributed by atoms with Gasteiger partial charge in [0.1, 0.15) is 11.4 Å². The quantitative estimate of drug-likeness (QED) is 0.822. The van der Waals surface area contributed by atoms with E-state index >= 15 is 0 Å². The maximum Gasteiger partial charge on any atom is 0.432 e. The largest absolute Gasteiger partial charge is 0.481 e. The number of carboxylic acid groups (broad SMARTS) is 1. The molecule has 3 rings (SSSR count). The van der Waals surface area contributed by atoms with Crippen molar-refractivity contribution in [1.29, 1.82) is 0 Å². The second kappa shape index (κ2) is 6.43. The highest BCUT2D eigenvalue weighted by Gasteiger charge is 2.36. The number of aliphatic carboxylic acids is 1. The second-order valence-electron chi connectivity index (χ2n) is 5.82. The molecule has 0 aromatic carbocycles. The zero-order valence-electron chi connectivity index (χ0n) is 13.2. The number of nitrogens with zero attached hydrogens (tertiary/aromatic N) is 2. The third-order valence-corrected chi connectivity index (χ3v) is 5.78. The van der Waals surface area contributed by atoms with Crippen LogP contribution in [-0.2, 0) is 21.0 Å². The van der Waals surface area contributed by atoms with Crippen molar-refractivity contribution in [1.82, 2.24) is 14.5 Å². The van der Waals surface area contributed by atoms with E-state index in [-0.39, 0.29) is 24.5 Å². The van der Waals surface area contributed by atoms with Gasteiger partial charge in [0.25, 0.3) is 10.0 Å². The minimum absolute atomic E-state index is 0.142. The number of piperidine rings is 1. The van der Waals surface area contributed by atoms with Gasteiger partial charge in [-0.15, -0.1) is 0 Å². The van der Waals surface area contributed by atoms with Crippen LogP contribution in [0.5, 0.6) is 0 Å². The van der Waals surface area contributed by atoms with Gasteiger partial charge in [-0.1, -0.05) is 0 Å². The van der Waals surface area contributed by atoms with Crippen molar-refractivity contribution >= 4 is 16.0 Å². The zero-order valence-corrected chi connectivity index (χ0v) is 14.0. The maximum atomic E-state index is 12.6. The molecule has 12 heteroatoms. The van der Waals surface area contributed by atoms with E-state index in [9.17, 15) is 26.4 Å². The van der Waals surface area contributed by atoms with E-state index in [1.54, 1.807) is 0 Å². The van der Waals surface area contributed by atoms with Crippen LogP contribution >= 0.6 is 0 Å². The number of alkyl halides is 3. The Bertz CT molecular complexity index is 918. The molecule has 1 saturated heterocycles. The Morgan fingerprint density at radius 1 is 1.38 bits per heavy atom. The molecule has 0 radical (unpaired) electrons. The predicted octanol–water partition coefficient (Wildman–Crippen LogP) is 2.17. The molecule has 8 nitrogen and oxygen atoms in total. The first-order valence-corrected chi connectivity index (χ1v) is 8.99. The van der Waals surface area contributed by atoms with Crippen molar-refractivity contribution in [2.24, 2.45) is 5.92 Å². The molecule has 1 atom stereocenters. The van der Waals surface area contributed by atoms with Crippen LogP contribution in [0.3, 0.4) is 0 Å². The summed E-state index contributed by atoms with van der Waals surface area (Å²) in [6.45, 7) is -0.0445. The highest BCUT2D eigenvalue weighted by Crippen LogP contribution is 2.32. The molecular formula is C14H14F3N3O5S. The molecule has 1 fully saturated rings. The van der Waals surface area contributed by atoms with Crippen molar-refractivity contribution in [3.05, 3.63) is 23.9 Å². The first-order valence-electron chi connectivity index (χ1n) is 7.55. The molecular weight excluding hydrogens is 379 g/mol. The molecule has 2 aromatic rings. The average Bonchev–Trinajstić information content (AvgIpc) is 3.23. The number of aromatic nitrogens is 2. The van der Waals surface area contributed by atoms with Crippen molar-refractivity contribution in [2.45, 2.75) is 24.1 Å². The Hall–Kier alpha value is -2.34. The number of sulfonamides is 1. The minimum atomic E-state index is -4.62. The fourth-order valence-electron chi connectivity index (χ4n) is 2.68. The van der Waals surface area contributed by atoms with Crippen LogP contribution in [0.25, 0.3) is 11.5 Å².